The minimum atomic E-state index is -4.39. The average molecular weight is 1190 g/mol. The van der Waals surface area contributed by atoms with Crippen molar-refractivity contribution in [1.82, 2.24) is 0 Å². The van der Waals surface area contributed by atoms with Crippen molar-refractivity contribution >= 4 is 19.8 Å². The number of allylic oxidation sites excluding steroid dienone is 8. The van der Waals surface area contributed by atoms with Crippen LogP contribution in [0.5, 0.6) is 0 Å². The molecule has 0 saturated carbocycles. The number of carbonyl (C=O) groups excluding carboxylic acids is 2. The van der Waals surface area contributed by atoms with Gasteiger partial charge in [0.2, 0.25) is 0 Å². The van der Waals surface area contributed by atoms with Gasteiger partial charge in [0.15, 0.2) is 6.10 Å². The first-order valence-corrected chi connectivity index (χ1v) is 37.4. The number of phosphoric ester groups is 1. The zero-order valence-electron chi connectivity index (χ0n) is 55.7. The molecule has 0 amide bonds. The summed E-state index contributed by atoms with van der Waals surface area (Å²) >= 11 is 0. The Hall–Kier alpha value is -2.03. The van der Waals surface area contributed by atoms with E-state index in [0.717, 1.165) is 70.6 Å². The number of unbranched alkanes of at least 4 members (excludes halogenated alkanes) is 45. The van der Waals surface area contributed by atoms with Gasteiger partial charge >= 0.3 is 19.8 Å². The Kier molecular flexibility index (Phi) is 62.9. The van der Waals surface area contributed by atoms with Crippen molar-refractivity contribution in [2.24, 2.45) is 0 Å². The molecule has 0 aliphatic rings. The molecular weight excluding hydrogens is 1050 g/mol. The van der Waals surface area contributed by atoms with E-state index < -0.39 is 26.5 Å². The molecule has 0 bridgehead atoms. The molecule has 83 heavy (non-hydrogen) atoms. The van der Waals surface area contributed by atoms with Gasteiger partial charge in [0.1, 0.15) is 19.8 Å². The quantitative estimate of drug-likeness (QED) is 0.0211. The molecule has 10 heteroatoms. The number of hydrogen-bond donors (Lipinski definition) is 1. The van der Waals surface area contributed by atoms with Crippen LogP contribution in [0.25, 0.3) is 0 Å². The SMILES string of the molecule is CC/C=C\C/C=C\C/C=C\C/C=C\CCCCCCCCCCCCC(=O)OC(COC(=O)CCCCCCCCCCCCCCCCCCCCCCCCCCCCCCCCCCCCCC)COP(=O)(O)OCC[N+](C)(C)C. The molecule has 1 N–H and O–H groups in total. The van der Waals surface area contributed by atoms with E-state index in [2.05, 4.69) is 62.5 Å². The van der Waals surface area contributed by atoms with E-state index >= 15 is 0 Å². The Balaban J connectivity index is 3.94. The highest BCUT2D eigenvalue weighted by atomic mass is 31.2. The van der Waals surface area contributed by atoms with E-state index in [1.165, 1.54) is 250 Å². The molecule has 0 spiro atoms. The van der Waals surface area contributed by atoms with Crippen molar-refractivity contribution in [3.63, 3.8) is 0 Å². The third-order valence-electron chi connectivity index (χ3n) is 16.1. The zero-order chi connectivity index (χ0) is 60.5. The summed E-state index contributed by atoms with van der Waals surface area (Å²) in [6.45, 7) is 4.38. The highest BCUT2D eigenvalue weighted by molar-refractivity contribution is 7.47. The summed E-state index contributed by atoms with van der Waals surface area (Å²) < 4.78 is 34.7. The van der Waals surface area contributed by atoms with Crippen LogP contribution in [-0.2, 0) is 32.7 Å². The third-order valence-corrected chi connectivity index (χ3v) is 17.1. The molecule has 0 heterocycles. The topological polar surface area (TPSA) is 108 Å². The number of quaternary nitrogens is 1. The minimum absolute atomic E-state index is 0.0315. The van der Waals surface area contributed by atoms with Crippen LogP contribution in [0.3, 0.4) is 0 Å². The van der Waals surface area contributed by atoms with Gasteiger partial charge < -0.3 is 18.9 Å². The average Bonchev–Trinajstić information content (AvgIpc) is 3.49. The standard InChI is InChI=1S/C73H138NO8P/c1-6-8-10-12-14-16-18-20-22-24-26-28-30-31-32-33-34-35-36-37-38-39-40-41-42-44-45-47-49-51-53-55-57-59-61-63-65-72(75)79-69-71(70-81-83(77,78)80-68-67-74(3,4)5)82-73(76)66-64-62-60-58-56-54-52-50-48-46-43-29-27-25-23-21-19-17-15-13-11-9-7-2/h9,11,15,17,21,23,27,29,71H,6-8,10,12-14,16,18-20,22,24-26,28,30-70H2,1-5H3/p+1/b11-9-,17-15-,23-21-,29-27-. The summed E-state index contributed by atoms with van der Waals surface area (Å²) in [4.78, 5) is 35.9. The Bertz CT molecular complexity index is 1540. The maximum absolute atomic E-state index is 12.9. The predicted octanol–water partition coefficient (Wildman–Crippen LogP) is 23.2. The smallest absolute Gasteiger partial charge is 0.462 e. The molecule has 0 aromatic carbocycles. The summed E-state index contributed by atoms with van der Waals surface area (Å²) in [5.41, 5.74) is 0. The van der Waals surface area contributed by atoms with Crippen molar-refractivity contribution in [1.29, 1.82) is 0 Å². The number of hydrogen-bond acceptors (Lipinski definition) is 7. The van der Waals surface area contributed by atoms with Gasteiger partial charge in [-0.3, -0.25) is 18.6 Å². The fraction of sp³-hybridized carbons (Fsp3) is 0.863. The van der Waals surface area contributed by atoms with Crippen molar-refractivity contribution < 1.29 is 42.1 Å². The molecule has 0 aliphatic carbocycles. The molecule has 0 aromatic heterocycles. The van der Waals surface area contributed by atoms with Gasteiger partial charge in [-0.15, -0.1) is 0 Å². The molecule has 0 saturated heterocycles. The molecule has 0 radical (unpaired) electrons. The van der Waals surface area contributed by atoms with E-state index in [1.54, 1.807) is 0 Å². The van der Waals surface area contributed by atoms with Crippen LogP contribution in [-0.4, -0.2) is 74.9 Å². The van der Waals surface area contributed by atoms with Crippen molar-refractivity contribution in [2.45, 2.75) is 360 Å². The molecule has 2 unspecified atom stereocenters. The number of esters is 2. The molecule has 0 rings (SSSR count). The van der Waals surface area contributed by atoms with Crippen LogP contribution in [0.15, 0.2) is 48.6 Å². The van der Waals surface area contributed by atoms with Gasteiger partial charge in [0.05, 0.1) is 27.7 Å². The normalized spacial score (nSPS) is 13.4. The van der Waals surface area contributed by atoms with Crippen LogP contribution in [0.2, 0.25) is 0 Å². The second-order valence-corrected chi connectivity index (χ2v) is 27.1. The summed E-state index contributed by atoms with van der Waals surface area (Å²) in [7, 11) is 1.49. The Morgan fingerprint density at radius 3 is 1.02 bits per heavy atom. The first-order chi connectivity index (χ1) is 40.5. The zero-order valence-corrected chi connectivity index (χ0v) is 56.6. The van der Waals surface area contributed by atoms with E-state index in [4.69, 9.17) is 18.5 Å². The number of likely N-dealkylation sites (N-methyl/N-ethyl adjacent to an activating group) is 1. The molecule has 0 aliphatic heterocycles. The van der Waals surface area contributed by atoms with Crippen LogP contribution in [0.4, 0.5) is 0 Å². The summed E-state index contributed by atoms with van der Waals surface area (Å²) in [5.74, 6) is -0.786. The van der Waals surface area contributed by atoms with E-state index in [0.29, 0.717) is 23.9 Å². The first kappa shape index (κ1) is 81.0. The van der Waals surface area contributed by atoms with Crippen LogP contribution in [0, 0.1) is 0 Å². The molecule has 0 aromatic rings. The third kappa shape index (κ3) is 68.9. The maximum Gasteiger partial charge on any atom is 0.472 e. The number of nitrogens with zero attached hydrogens (tertiary/aromatic N) is 1. The Morgan fingerprint density at radius 1 is 0.386 bits per heavy atom. The molecule has 0 fully saturated rings. The highest BCUT2D eigenvalue weighted by Crippen LogP contribution is 2.43. The van der Waals surface area contributed by atoms with Gasteiger partial charge in [-0.25, -0.2) is 4.57 Å². The van der Waals surface area contributed by atoms with Crippen LogP contribution < -0.4 is 0 Å². The van der Waals surface area contributed by atoms with Crippen LogP contribution >= 0.6 is 7.82 Å². The molecule has 2 atom stereocenters. The number of phosphoric acid groups is 1. The summed E-state index contributed by atoms with van der Waals surface area (Å²) in [6, 6.07) is 0. The summed E-state index contributed by atoms with van der Waals surface area (Å²) in [6.07, 6.45) is 83.8. The maximum atomic E-state index is 12.9. The lowest BCUT2D eigenvalue weighted by atomic mass is 10.0. The Labute approximate surface area is 515 Å². The van der Waals surface area contributed by atoms with Crippen molar-refractivity contribution in [3.8, 4) is 0 Å². The molecule has 488 valence electrons. The van der Waals surface area contributed by atoms with E-state index in [9.17, 15) is 19.0 Å². The van der Waals surface area contributed by atoms with Crippen molar-refractivity contribution in [2.75, 3.05) is 47.5 Å². The largest absolute Gasteiger partial charge is 0.472 e. The lowest BCUT2D eigenvalue weighted by Crippen LogP contribution is -2.37. The van der Waals surface area contributed by atoms with E-state index in [1.807, 2.05) is 21.1 Å². The van der Waals surface area contributed by atoms with Crippen molar-refractivity contribution in [3.05, 3.63) is 48.6 Å². The lowest BCUT2D eigenvalue weighted by Gasteiger charge is -2.24. The second kappa shape index (κ2) is 64.4. The summed E-state index contributed by atoms with van der Waals surface area (Å²) in [5, 5.41) is 0. The van der Waals surface area contributed by atoms with Gasteiger partial charge in [-0.05, 0) is 51.4 Å². The van der Waals surface area contributed by atoms with Gasteiger partial charge in [0.25, 0.3) is 0 Å². The second-order valence-electron chi connectivity index (χ2n) is 25.6. The van der Waals surface area contributed by atoms with Gasteiger partial charge in [-0.1, -0.05) is 339 Å². The molecular formula is C73H139NO8P+. The highest BCUT2D eigenvalue weighted by Gasteiger charge is 2.27. The van der Waals surface area contributed by atoms with Crippen LogP contribution in [0.1, 0.15) is 354 Å². The number of carbonyl (C=O) groups is 2. The monoisotopic (exact) mass is 1190 g/mol. The molecule has 9 nitrogen and oxygen atoms in total. The van der Waals surface area contributed by atoms with E-state index in [-0.39, 0.29) is 25.6 Å². The number of ether oxygens (including phenoxy) is 2. The minimum Gasteiger partial charge on any atom is -0.462 e. The lowest BCUT2D eigenvalue weighted by molar-refractivity contribution is -0.870. The van der Waals surface area contributed by atoms with Gasteiger partial charge in [0, 0.05) is 12.8 Å². The Morgan fingerprint density at radius 2 is 0.687 bits per heavy atom. The predicted molar refractivity (Wildman–Crippen MR) is 358 cm³/mol. The fourth-order valence-corrected chi connectivity index (χ4v) is 11.4. The first-order valence-electron chi connectivity index (χ1n) is 35.9. The number of rotatable bonds is 67. The van der Waals surface area contributed by atoms with Gasteiger partial charge in [-0.2, -0.15) is 0 Å². The fourth-order valence-electron chi connectivity index (χ4n) is 10.7.